The summed E-state index contributed by atoms with van der Waals surface area (Å²) in [6.45, 7) is 8.24. The van der Waals surface area contributed by atoms with Gasteiger partial charge in [0.15, 0.2) is 0 Å². The third-order valence-corrected chi connectivity index (χ3v) is 4.72. The van der Waals surface area contributed by atoms with Gasteiger partial charge in [0, 0.05) is 32.2 Å². The maximum Gasteiger partial charge on any atom is 0.223 e. The molecule has 1 unspecified atom stereocenters. The smallest absolute Gasteiger partial charge is 0.223 e. The van der Waals surface area contributed by atoms with Crippen LogP contribution >= 0.6 is 0 Å². The Bertz CT molecular complexity index is 294. The maximum absolute atomic E-state index is 12.1. The average molecular weight is 225 g/mol. The molecule has 3 nitrogen and oxygen atoms in total. The van der Waals surface area contributed by atoms with Gasteiger partial charge in [-0.2, -0.15) is 0 Å². The van der Waals surface area contributed by atoms with Crippen molar-refractivity contribution in [3.05, 3.63) is 0 Å². The van der Waals surface area contributed by atoms with E-state index in [1.165, 1.54) is 0 Å². The zero-order chi connectivity index (χ0) is 12.0. The lowest BCUT2D eigenvalue weighted by molar-refractivity contribution is -0.134. The molecule has 2 aliphatic rings. The van der Waals surface area contributed by atoms with Gasteiger partial charge in [0.25, 0.3) is 0 Å². The summed E-state index contributed by atoms with van der Waals surface area (Å²) in [7, 11) is 1.95. The number of amides is 1. The fourth-order valence-electron chi connectivity index (χ4n) is 2.79. The molecule has 16 heavy (non-hydrogen) atoms. The van der Waals surface area contributed by atoms with Crippen molar-refractivity contribution in [1.82, 2.24) is 4.90 Å². The van der Waals surface area contributed by atoms with Crippen molar-refractivity contribution in [1.29, 1.82) is 0 Å². The van der Waals surface area contributed by atoms with Gasteiger partial charge in [0.2, 0.25) is 5.91 Å². The van der Waals surface area contributed by atoms with Gasteiger partial charge >= 0.3 is 0 Å². The molecule has 2 atom stereocenters. The van der Waals surface area contributed by atoms with Crippen LogP contribution < -0.4 is 0 Å². The van der Waals surface area contributed by atoms with E-state index in [1.54, 1.807) is 0 Å². The molecule has 1 heterocycles. The van der Waals surface area contributed by atoms with Crippen LogP contribution in [0.1, 0.15) is 40.0 Å². The van der Waals surface area contributed by atoms with Crippen LogP contribution in [0.2, 0.25) is 0 Å². The molecule has 1 amide bonds. The van der Waals surface area contributed by atoms with E-state index < -0.39 is 0 Å². The Morgan fingerprint density at radius 1 is 1.44 bits per heavy atom. The highest BCUT2D eigenvalue weighted by atomic mass is 16.5. The summed E-state index contributed by atoms with van der Waals surface area (Å²) in [6, 6.07) is 0. The quantitative estimate of drug-likeness (QED) is 0.736. The fraction of sp³-hybridized carbons (Fsp3) is 0.923. The van der Waals surface area contributed by atoms with Crippen molar-refractivity contribution in [2.24, 2.45) is 11.3 Å². The Kier molecular flexibility index (Phi) is 2.77. The molecule has 1 aliphatic heterocycles. The zero-order valence-electron chi connectivity index (χ0n) is 10.9. The van der Waals surface area contributed by atoms with Crippen LogP contribution in [0.5, 0.6) is 0 Å². The highest BCUT2D eigenvalue weighted by molar-refractivity contribution is 5.77. The number of rotatable bonds is 3. The summed E-state index contributed by atoms with van der Waals surface area (Å²) >= 11 is 0. The first-order chi connectivity index (χ1) is 7.37. The summed E-state index contributed by atoms with van der Waals surface area (Å²) in [4.78, 5) is 14.1. The third kappa shape index (κ3) is 1.86. The van der Waals surface area contributed by atoms with Gasteiger partial charge in [-0.05, 0) is 31.1 Å². The highest BCUT2D eigenvalue weighted by Crippen LogP contribution is 2.58. The molecule has 1 saturated carbocycles. The van der Waals surface area contributed by atoms with Gasteiger partial charge in [-0.15, -0.1) is 0 Å². The van der Waals surface area contributed by atoms with E-state index in [0.29, 0.717) is 12.3 Å². The van der Waals surface area contributed by atoms with Crippen LogP contribution in [-0.4, -0.2) is 36.6 Å². The van der Waals surface area contributed by atoms with Gasteiger partial charge in [-0.25, -0.2) is 0 Å². The molecule has 0 aromatic carbocycles. The van der Waals surface area contributed by atoms with Crippen molar-refractivity contribution in [2.45, 2.75) is 45.6 Å². The first-order valence-electron chi connectivity index (χ1n) is 6.21. The second-order valence-corrected chi connectivity index (χ2v) is 6.22. The highest BCUT2D eigenvalue weighted by Gasteiger charge is 2.61. The van der Waals surface area contributed by atoms with E-state index in [1.807, 2.05) is 11.9 Å². The van der Waals surface area contributed by atoms with Crippen LogP contribution in [0, 0.1) is 11.3 Å². The maximum atomic E-state index is 12.1. The molecule has 1 saturated heterocycles. The van der Waals surface area contributed by atoms with Crippen molar-refractivity contribution in [3.8, 4) is 0 Å². The first kappa shape index (κ1) is 11.9. The molecule has 0 spiro atoms. The molecule has 2 fully saturated rings. The molecule has 3 heteroatoms. The molecule has 92 valence electrons. The molecular formula is C13H23NO2. The predicted molar refractivity (Wildman–Crippen MR) is 63.1 cm³/mol. The minimum Gasteiger partial charge on any atom is -0.381 e. The lowest BCUT2D eigenvalue weighted by Crippen LogP contribution is -2.40. The van der Waals surface area contributed by atoms with E-state index in [2.05, 4.69) is 20.8 Å². The number of nitrogens with zero attached hydrogens (tertiary/aromatic N) is 1. The second kappa shape index (κ2) is 3.73. The Balaban J connectivity index is 1.90. The topological polar surface area (TPSA) is 29.5 Å². The Morgan fingerprint density at radius 2 is 2.06 bits per heavy atom. The summed E-state index contributed by atoms with van der Waals surface area (Å²) in [5.74, 6) is 0.726. The number of hydrogen-bond acceptors (Lipinski definition) is 2. The molecular weight excluding hydrogens is 202 g/mol. The molecule has 0 bridgehead atoms. The first-order valence-corrected chi connectivity index (χ1v) is 6.21. The van der Waals surface area contributed by atoms with E-state index in [-0.39, 0.29) is 16.9 Å². The Hall–Kier alpha value is -0.570. The van der Waals surface area contributed by atoms with Crippen LogP contribution in [0.4, 0.5) is 0 Å². The predicted octanol–water partition coefficient (Wildman–Crippen LogP) is 2.06. The Morgan fingerprint density at radius 3 is 2.50 bits per heavy atom. The minimum atomic E-state index is 0.0730. The zero-order valence-corrected chi connectivity index (χ0v) is 10.9. The molecule has 0 radical (unpaired) electrons. The van der Waals surface area contributed by atoms with Gasteiger partial charge in [0.05, 0.1) is 0 Å². The van der Waals surface area contributed by atoms with Crippen molar-refractivity contribution < 1.29 is 9.53 Å². The molecule has 1 aliphatic carbocycles. The lowest BCUT2D eigenvalue weighted by Gasteiger charge is -2.29. The van der Waals surface area contributed by atoms with E-state index in [4.69, 9.17) is 4.74 Å². The summed E-state index contributed by atoms with van der Waals surface area (Å²) < 4.78 is 5.31. The van der Waals surface area contributed by atoms with Crippen LogP contribution in [0.15, 0.2) is 0 Å². The summed E-state index contributed by atoms with van der Waals surface area (Å²) in [5.41, 5.74) is 0.354. The largest absolute Gasteiger partial charge is 0.381 e. The summed E-state index contributed by atoms with van der Waals surface area (Å²) in [6.07, 6.45) is 2.81. The van der Waals surface area contributed by atoms with Crippen molar-refractivity contribution >= 4 is 5.91 Å². The molecule has 2 rings (SSSR count). The van der Waals surface area contributed by atoms with E-state index >= 15 is 0 Å². The lowest BCUT2D eigenvalue weighted by atomic mass is 10.0. The normalized spacial score (nSPS) is 36.1. The van der Waals surface area contributed by atoms with Crippen molar-refractivity contribution in [2.75, 3.05) is 20.3 Å². The monoisotopic (exact) mass is 225 g/mol. The average Bonchev–Trinajstić information content (AvgIpc) is 2.61. The standard InChI is InChI=1S/C13H23NO2/c1-12(2)9-13(12,3)14(4)11(15)7-10-5-6-16-8-10/h10H,5-9H2,1-4H3/t10-,13?/m1/s1. The van der Waals surface area contributed by atoms with Crippen LogP contribution in [-0.2, 0) is 9.53 Å². The summed E-state index contributed by atoms with van der Waals surface area (Å²) in [5, 5.41) is 0. The van der Waals surface area contributed by atoms with Crippen LogP contribution in [0.25, 0.3) is 0 Å². The van der Waals surface area contributed by atoms with Gasteiger partial charge in [-0.3, -0.25) is 4.79 Å². The molecule has 0 N–H and O–H groups in total. The van der Waals surface area contributed by atoms with E-state index in [0.717, 1.165) is 26.1 Å². The number of hydrogen-bond donors (Lipinski definition) is 0. The van der Waals surface area contributed by atoms with Gasteiger partial charge < -0.3 is 9.64 Å². The second-order valence-electron chi connectivity index (χ2n) is 6.22. The number of ether oxygens (including phenoxy) is 1. The van der Waals surface area contributed by atoms with E-state index in [9.17, 15) is 4.79 Å². The van der Waals surface area contributed by atoms with Crippen molar-refractivity contribution in [3.63, 3.8) is 0 Å². The van der Waals surface area contributed by atoms with Gasteiger partial charge in [-0.1, -0.05) is 13.8 Å². The molecule has 0 aromatic rings. The third-order valence-electron chi connectivity index (χ3n) is 4.72. The van der Waals surface area contributed by atoms with Gasteiger partial charge in [0.1, 0.15) is 0 Å². The number of carbonyl (C=O) groups excluding carboxylic acids is 1. The minimum absolute atomic E-state index is 0.0730. The fourth-order valence-corrected chi connectivity index (χ4v) is 2.79. The Labute approximate surface area is 98.1 Å². The molecule has 0 aromatic heterocycles. The van der Waals surface area contributed by atoms with Crippen LogP contribution in [0.3, 0.4) is 0 Å². The number of carbonyl (C=O) groups is 1. The SMILES string of the molecule is CN(C(=O)C[C@H]1CCOC1)C1(C)CC1(C)C.